The molecular formula is C16H11BrCl2N4O. The lowest BCUT2D eigenvalue weighted by Gasteiger charge is -2.07. The van der Waals surface area contributed by atoms with E-state index in [0.29, 0.717) is 17.1 Å². The van der Waals surface area contributed by atoms with E-state index >= 15 is 0 Å². The van der Waals surface area contributed by atoms with Crippen LogP contribution in [0.4, 0.5) is 5.82 Å². The zero-order valence-corrected chi connectivity index (χ0v) is 15.3. The van der Waals surface area contributed by atoms with Crippen molar-refractivity contribution in [2.75, 3.05) is 5.32 Å². The number of hydrogen-bond acceptors (Lipinski definition) is 3. The van der Waals surface area contributed by atoms with Gasteiger partial charge in [0.2, 0.25) is 0 Å². The summed E-state index contributed by atoms with van der Waals surface area (Å²) in [5.74, 6) is -0.0170. The molecule has 24 heavy (non-hydrogen) atoms. The number of nitrogens with zero attached hydrogens (tertiary/aromatic N) is 3. The third kappa shape index (κ3) is 4.14. The van der Waals surface area contributed by atoms with Crippen molar-refractivity contribution in [3.8, 4) is 0 Å². The molecule has 5 nitrogen and oxygen atoms in total. The van der Waals surface area contributed by atoms with Gasteiger partial charge in [-0.25, -0.2) is 4.98 Å². The van der Waals surface area contributed by atoms with Gasteiger partial charge in [-0.15, -0.1) is 0 Å². The molecule has 0 aliphatic heterocycles. The van der Waals surface area contributed by atoms with E-state index in [9.17, 15) is 4.79 Å². The fourth-order valence-electron chi connectivity index (χ4n) is 2.06. The maximum atomic E-state index is 12.3. The van der Waals surface area contributed by atoms with Crippen molar-refractivity contribution in [3.05, 3.63) is 74.6 Å². The van der Waals surface area contributed by atoms with Crippen molar-refractivity contribution < 1.29 is 4.79 Å². The lowest BCUT2D eigenvalue weighted by atomic mass is 10.1. The normalized spacial score (nSPS) is 10.6. The van der Waals surface area contributed by atoms with E-state index in [1.807, 2.05) is 18.3 Å². The molecule has 8 heteroatoms. The van der Waals surface area contributed by atoms with Crippen LogP contribution in [0.1, 0.15) is 15.9 Å². The van der Waals surface area contributed by atoms with Gasteiger partial charge in [-0.3, -0.25) is 9.48 Å². The number of hydrogen-bond donors (Lipinski definition) is 1. The molecule has 0 saturated carbocycles. The number of carbonyl (C=O) groups excluding carboxylic acids is 1. The second-order valence-electron chi connectivity index (χ2n) is 4.99. The van der Waals surface area contributed by atoms with Gasteiger partial charge in [-0.1, -0.05) is 35.3 Å². The highest BCUT2D eigenvalue weighted by Gasteiger charge is 2.10. The molecule has 2 heterocycles. The van der Waals surface area contributed by atoms with Gasteiger partial charge < -0.3 is 5.32 Å². The first-order valence-corrected chi connectivity index (χ1v) is 8.45. The number of amides is 1. The molecule has 122 valence electrons. The van der Waals surface area contributed by atoms with Crippen molar-refractivity contribution in [1.29, 1.82) is 0 Å². The highest BCUT2D eigenvalue weighted by atomic mass is 79.9. The number of nitrogens with one attached hydrogen (secondary N) is 1. The van der Waals surface area contributed by atoms with E-state index in [1.54, 1.807) is 23.0 Å². The molecule has 0 atom stereocenters. The van der Waals surface area contributed by atoms with E-state index in [-0.39, 0.29) is 16.7 Å². The Morgan fingerprint density at radius 1 is 1.21 bits per heavy atom. The number of aromatic nitrogens is 3. The van der Waals surface area contributed by atoms with Crippen molar-refractivity contribution in [3.63, 3.8) is 0 Å². The molecule has 0 aliphatic rings. The van der Waals surface area contributed by atoms with Crippen LogP contribution in [0.5, 0.6) is 0 Å². The number of anilines is 1. The Kier molecular flexibility index (Phi) is 5.18. The van der Waals surface area contributed by atoms with Crippen LogP contribution in [0.2, 0.25) is 10.0 Å². The molecule has 0 saturated heterocycles. The third-order valence-corrected chi connectivity index (χ3v) is 4.11. The summed E-state index contributed by atoms with van der Waals surface area (Å²) in [6, 6.07) is 8.76. The minimum absolute atomic E-state index is 0.275. The number of carbonyl (C=O) groups is 1. The molecule has 0 aliphatic carbocycles. The summed E-state index contributed by atoms with van der Waals surface area (Å²) in [5, 5.41) is 7.56. The summed E-state index contributed by atoms with van der Waals surface area (Å²) < 4.78 is 2.72. The highest BCUT2D eigenvalue weighted by molar-refractivity contribution is 9.10. The second-order valence-corrected chi connectivity index (χ2v) is 6.75. The molecule has 1 N–H and O–H groups in total. The minimum atomic E-state index is -0.292. The van der Waals surface area contributed by atoms with Gasteiger partial charge in [0.1, 0.15) is 0 Å². The second kappa shape index (κ2) is 7.34. The Morgan fingerprint density at radius 2 is 1.96 bits per heavy atom. The molecule has 1 aromatic carbocycles. The van der Waals surface area contributed by atoms with E-state index in [1.165, 1.54) is 12.3 Å². The molecule has 3 aromatic rings. The van der Waals surface area contributed by atoms with Gasteiger partial charge in [0.05, 0.1) is 27.3 Å². The van der Waals surface area contributed by atoms with E-state index < -0.39 is 0 Å². The Labute approximate surface area is 156 Å². The first-order valence-electron chi connectivity index (χ1n) is 6.90. The van der Waals surface area contributed by atoms with Crippen LogP contribution >= 0.6 is 39.1 Å². The SMILES string of the molecule is O=C(Nc1ncc(Cl)cc1Cl)c1ccc(Cn2cc(Br)cn2)cc1. The zero-order chi connectivity index (χ0) is 17.1. The van der Waals surface area contributed by atoms with Gasteiger partial charge >= 0.3 is 0 Å². The van der Waals surface area contributed by atoms with E-state index in [4.69, 9.17) is 23.2 Å². The van der Waals surface area contributed by atoms with Crippen molar-refractivity contribution in [2.24, 2.45) is 0 Å². The van der Waals surface area contributed by atoms with Crippen molar-refractivity contribution >= 4 is 50.9 Å². The smallest absolute Gasteiger partial charge is 0.256 e. The largest absolute Gasteiger partial charge is 0.305 e. The summed E-state index contributed by atoms with van der Waals surface area (Å²) in [6.07, 6.45) is 5.04. The standard InChI is InChI=1S/C16H11BrCl2N4O/c17-12-6-21-23(9-12)8-10-1-3-11(4-2-10)16(24)22-15-14(19)5-13(18)7-20-15/h1-7,9H,8H2,(H,20,22,24). The van der Waals surface area contributed by atoms with Crippen LogP contribution in [0.15, 0.2) is 53.4 Å². The van der Waals surface area contributed by atoms with Crippen LogP contribution in [0.25, 0.3) is 0 Å². The van der Waals surface area contributed by atoms with E-state index in [2.05, 4.69) is 31.3 Å². The average molecular weight is 426 g/mol. The predicted octanol–water partition coefficient (Wildman–Crippen LogP) is 4.65. The highest BCUT2D eigenvalue weighted by Crippen LogP contribution is 2.23. The maximum Gasteiger partial charge on any atom is 0.256 e. The number of rotatable bonds is 4. The predicted molar refractivity (Wildman–Crippen MR) is 97.7 cm³/mol. The number of halogens is 3. The Hall–Kier alpha value is -1.89. The minimum Gasteiger partial charge on any atom is -0.305 e. The van der Waals surface area contributed by atoms with Crippen LogP contribution in [-0.2, 0) is 6.54 Å². The molecule has 0 fully saturated rings. The van der Waals surface area contributed by atoms with Gasteiger partial charge in [-0.05, 0) is 39.7 Å². The number of pyridine rings is 1. The van der Waals surface area contributed by atoms with Gasteiger partial charge in [0.15, 0.2) is 5.82 Å². The Bertz CT molecular complexity index is 880. The topological polar surface area (TPSA) is 59.8 Å². The molecule has 3 rings (SSSR count). The molecule has 1 amide bonds. The average Bonchev–Trinajstić information content (AvgIpc) is 2.96. The van der Waals surface area contributed by atoms with Crippen molar-refractivity contribution in [1.82, 2.24) is 14.8 Å². The van der Waals surface area contributed by atoms with Crippen LogP contribution in [0.3, 0.4) is 0 Å². The monoisotopic (exact) mass is 424 g/mol. The molecular weight excluding hydrogens is 415 g/mol. The lowest BCUT2D eigenvalue weighted by molar-refractivity contribution is 0.102. The summed E-state index contributed by atoms with van der Waals surface area (Å²) in [5.41, 5.74) is 1.54. The molecule has 0 spiro atoms. The quantitative estimate of drug-likeness (QED) is 0.661. The Balaban J connectivity index is 1.69. The lowest BCUT2D eigenvalue weighted by Crippen LogP contribution is -2.13. The van der Waals surface area contributed by atoms with Gasteiger partial charge in [0.25, 0.3) is 5.91 Å². The number of benzene rings is 1. The van der Waals surface area contributed by atoms with Crippen LogP contribution < -0.4 is 5.32 Å². The molecule has 0 bridgehead atoms. The first-order chi connectivity index (χ1) is 11.5. The van der Waals surface area contributed by atoms with Gasteiger partial charge in [-0.2, -0.15) is 5.10 Å². The molecule has 0 unspecified atom stereocenters. The summed E-state index contributed by atoms with van der Waals surface area (Å²) in [4.78, 5) is 16.3. The first kappa shape index (κ1) is 17.0. The summed E-state index contributed by atoms with van der Waals surface area (Å²) >= 11 is 15.1. The molecule has 2 aromatic heterocycles. The summed E-state index contributed by atoms with van der Waals surface area (Å²) in [6.45, 7) is 0.623. The zero-order valence-electron chi connectivity index (χ0n) is 12.2. The Morgan fingerprint density at radius 3 is 2.58 bits per heavy atom. The fourth-order valence-corrected chi connectivity index (χ4v) is 2.81. The fraction of sp³-hybridized carbons (Fsp3) is 0.0625. The maximum absolute atomic E-state index is 12.3. The third-order valence-electron chi connectivity index (χ3n) is 3.20. The van der Waals surface area contributed by atoms with E-state index in [0.717, 1.165) is 10.0 Å². The molecule has 0 radical (unpaired) electrons. The van der Waals surface area contributed by atoms with Crippen LogP contribution in [0, 0.1) is 0 Å². The van der Waals surface area contributed by atoms with Crippen LogP contribution in [-0.4, -0.2) is 20.7 Å². The van der Waals surface area contributed by atoms with Gasteiger partial charge in [0, 0.05) is 18.0 Å². The van der Waals surface area contributed by atoms with Crippen molar-refractivity contribution in [2.45, 2.75) is 6.54 Å². The summed E-state index contributed by atoms with van der Waals surface area (Å²) in [7, 11) is 0.